The molecule has 106 valence electrons. The van der Waals surface area contributed by atoms with Gasteiger partial charge in [0.1, 0.15) is 18.0 Å². The second-order valence-electron chi connectivity index (χ2n) is 5.15. The summed E-state index contributed by atoms with van der Waals surface area (Å²) in [6.45, 7) is 6.32. The molecule has 0 unspecified atom stereocenters. The molecular formula is C13H23N5O. The topological polar surface area (TPSA) is 92.9 Å². The van der Waals surface area contributed by atoms with Gasteiger partial charge in [-0.1, -0.05) is 13.3 Å². The molecule has 1 heterocycles. The third kappa shape index (κ3) is 3.81. The van der Waals surface area contributed by atoms with Crippen molar-refractivity contribution in [3.63, 3.8) is 0 Å². The van der Waals surface area contributed by atoms with Gasteiger partial charge in [-0.25, -0.2) is 9.97 Å². The predicted octanol–water partition coefficient (Wildman–Crippen LogP) is 1.20. The van der Waals surface area contributed by atoms with Crippen molar-refractivity contribution in [3.8, 4) is 0 Å². The molecule has 0 saturated carbocycles. The Bertz CT molecular complexity index is 445. The molecule has 4 N–H and O–H groups in total. The van der Waals surface area contributed by atoms with E-state index in [-0.39, 0.29) is 5.91 Å². The van der Waals surface area contributed by atoms with Crippen molar-refractivity contribution in [1.82, 2.24) is 15.3 Å². The van der Waals surface area contributed by atoms with Gasteiger partial charge in [-0.2, -0.15) is 0 Å². The van der Waals surface area contributed by atoms with E-state index in [1.54, 1.807) is 7.05 Å². The Morgan fingerprint density at radius 3 is 2.68 bits per heavy atom. The Labute approximate surface area is 114 Å². The minimum absolute atomic E-state index is 0.0148. The van der Waals surface area contributed by atoms with Gasteiger partial charge in [-0.3, -0.25) is 4.79 Å². The smallest absolute Gasteiger partial charge is 0.227 e. The summed E-state index contributed by atoms with van der Waals surface area (Å²) < 4.78 is 0. The third-order valence-electron chi connectivity index (χ3n) is 3.02. The minimum atomic E-state index is -0.516. The standard InChI is InChI=1S/C13H23N5O/c1-5-6-9-10(14)17-8-18-11(9)16-7-13(2,3)12(19)15-4/h8H,5-7H2,1-4H3,(H,15,19)(H3,14,16,17,18). The average Bonchev–Trinajstić information content (AvgIpc) is 2.38. The summed E-state index contributed by atoms with van der Waals surface area (Å²) in [7, 11) is 1.63. The van der Waals surface area contributed by atoms with Crippen LogP contribution in [0.1, 0.15) is 32.8 Å². The number of nitrogens with two attached hydrogens (primary N) is 1. The Balaban J connectivity index is 2.83. The number of amides is 1. The molecule has 6 heteroatoms. The van der Waals surface area contributed by atoms with Gasteiger partial charge in [0.2, 0.25) is 5.91 Å². The van der Waals surface area contributed by atoms with Gasteiger partial charge >= 0.3 is 0 Å². The zero-order chi connectivity index (χ0) is 14.5. The Hall–Kier alpha value is -1.85. The molecule has 0 aliphatic rings. The Kier molecular flexibility index (Phi) is 5.09. The van der Waals surface area contributed by atoms with Crippen LogP contribution in [0.15, 0.2) is 6.33 Å². The number of carbonyl (C=O) groups is 1. The number of carbonyl (C=O) groups excluding carboxylic acids is 1. The molecule has 0 spiro atoms. The number of aromatic nitrogens is 2. The van der Waals surface area contributed by atoms with Crippen LogP contribution in [0.3, 0.4) is 0 Å². The van der Waals surface area contributed by atoms with E-state index in [0.29, 0.717) is 18.2 Å². The highest BCUT2D eigenvalue weighted by Crippen LogP contribution is 2.22. The molecule has 0 bridgehead atoms. The molecule has 0 aliphatic heterocycles. The molecule has 1 rings (SSSR count). The van der Waals surface area contributed by atoms with Crippen LogP contribution in [0.25, 0.3) is 0 Å². The van der Waals surface area contributed by atoms with E-state index in [1.807, 2.05) is 13.8 Å². The second-order valence-corrected chi connectivity index (χ2v) is 5.15. The van der Waals surface area contributed by atoms with Crippen molar-refractivity contribution >= 4 is 17.5 Å². The molecule has 1 aromatic rings. The average molecular weight is 265 g/mol. The highest BCUT2D eigenvalue weighted by atomic mass is 16.2. The van der Waals surface area contributed by atoms with E-state index in [9.17, 15) is 4.79 Å². The summed E-state index contributed by atoms with van der Waals surface area (Å²) >= 11 is 0. The normalized spacial score (nSPS) is 11.2. The fourth-order valence-corrected chi connectivity index (χ4v) is 1.80. The predicted molar refractivity (Wildman–Crippen MR) is 76.8 cm³/mol. The van der Waals surface area contributed by atoms with E-state index in [1.165, 1.54) is 6.33 Å². The summed E-state index contributed by atoms with van der Waals surface area (Å²) in [4.78, 5) is 19.9. The maximum Gasteiger partial charge on any atom is 0.227 e. The lowest BCUT2D eigenvalue weighted by atomic mass is 9.92. The summed E-state index contributed by atoms with van der Waals surface area (Å²) in [5.74, 6) is 1.20. The quantitative estimate of drug-likeness (QED) is 0.718. The van der Waals surface area contributed by atoms with Crippen LogP contribution in [0.4, 0.5) is 11.6 Å². The number of hydrogen-bond acceptors (Lipinski definition) is 5. The van der Waals surface area contributed by atoms with Gasteiger partial charge in [-0.05, 0) is 20.3 Å². The van der Waals surface area contributed by atoms with E-state index in [0.717, 1.165) is 18.4 Å². The van der Waals surface area contributed by atoms with Crippen molar-refractivity contribution in [2.45, 2.75) is 33.6 Å². The highest BCUT2D eigenvalue weighted by molar-refractivity contribution is 5.82. The molecule has 6 nitrogen and oxygen atoms in total. The first-order valence-electron chi connectivity index (χ1n) is 6.47. The van der Waals surface area contributed by atoms with E-state index >= 15 is 0 Å². The molecule has 1 aromatic heterocycles. The number of rotatable bonds is 6. The number of anilines is 2. The summed E-state index contributed by atoms with van der Waals surface area (Å²) in [6, 6.07) is 0. The van der Waals surface area contributed by atoms with E-state index in [2.05, 4.69) is 27.5 Å². The SMILES string of the molecule is CCCc1c(N)ncnc1NCC(C)(C)C(=O)NC. The molecule has 0 radical (unpaired) electrons. The van der Waals surface area contributed by atoms with Gasteiger partial charge < -0.3 is 16.4 Å². The van der Waals surface area contributed by atoms with Gasteiger partial charge in [0.05, 0.1) is 5.41 Å². The van der Waals surface area contributed by atoms with Crippen LogP contribution in [0.5, 0.6) is 0 Å². The molecule has 1 amide bonds. The van der Waals surface area contributed by atoms with Gasteiger partial charge in [0, 0.05) is 19.2 Å². The largest absolute Gasteiger partial charge is 0.383 e. The van der Waals surface area contributed by atoms with Gasteiger partial charge in [0.15, 0.2) is 0 Å². The molecule has 0 saturated heterocycles. The van der Waals surface area contributed by atoms with Crippen LogP contribution >= 0.6 is 0 Å². The molecule has 0 aromatic carbocycles. The number of nitrogens with zero attached hydrogens (tertiary/aromatic N) is 2. The van der Waals surface area contributed by atoms with Crippen molar-refractivity contribution in [3.05, 3.63) is 11.9 Å². The van der Waals surface area contributed by atoms with Crippen molar-refractivity contribution < 1.29 is 4.79 Å². The first kappa shape index (κ1) is 15.2. The Morgan fingerprint density at radius 2 is 2.11 bits per heavy atom. The molecule has 0 fully saturated rings. The third-order valence-corrected chi connectivity index (χ3v) is 3.02. The fraction of sp³-hybridized carbons (Fsp3) is 0.615. The lowest BCUT2D eigenvalue weighted by molar-refractivity contribution is -0.128. The van der Waals surface area contributed by atoms with Gasteiger partial charge in [0.25, 0.3) is 0 Å². The first-order valence-corrected chi connectivity index (χ1v) is 6.47. The Morgan fingerprint density at radius 1 is 1.42 bits per heavy atom. The van der Waals surface area contributed by atoms with Crippen LogP contribution in [0, 0.1) is 5.41 Å². The van der Waals surface area contributed by atoms with E-state index < -0.39 is 5.41 Å². The second kappa shape index (κ2) is 6.36. The summed E-state index contributed by atoms with van der Waals surface area (Å²) in [6.07, 6.45) is 3.21. The molecule has 0 atom stereocenters. The molecule has 0 aliphatic carbocycles. The maximum atomic E-state index is 11.7. The minimum Gasteiger partial charge on any atom is -0.383 e. The van der Waals surface area contributed by atoms with Crippen molar-refractivity contribution in [1.29, 1.82) is 0 Å². The van der Waals surface area contributed by atoms with Crippen LogP contribution in [-0.2, 0) is 11.2 Å². The lowest BCUT2D eigenvalue weighted by Gasteiger charge is -2.24. The van der Waals surface area contributed by atoms with E-state index in [4.69, 9.17) is 5.73 Å². The summed E-state index contributed by atoms with van der Waals surface area (Å²) in [5, 5.41) is 5.86. The number of hydrogen-bond donors (Lipinski definition) is 3. The molecular weight excluding hydrogens is 242 g/mol. The fourth-order valence-electron chi connectivity index (χ4n) is 1.80. The lowest BCUT2D eigenvalue weighted by Crippen LogP contribution is -2.39. The number of nitrogen functional groups attached to an aromatic ring is 1. The van der Waals surface area contributed by atoms with Crippen LogP contribution in [0.2, 0.25) is 0 Å². The zero-order valence-electron chi connectivity index (χ0n) is 12.1. The highest BCUT2D eigenvalue weighted by Gasteiger charge is 2.26. The zero-order valence-corrected chi connectivity index (χ0v) is 12.1. The summed E-state index contributed by atoms with van der Waals surface area (Å²) in [5.41, 5.74) is 6.26. The number of nitrogens with one attached hydrogen (secondary N) is 2. The molecule has 19 heavy (non-hydrogen) atoms. The van der Waals surface area contributed by atoms with Crippen molar-refractivity contribution in [2.75, 3.05) is 24.6 Å². The monoisotopic (exact) mass is 265 g/mol. The van der Waals surface area contributed by atoms with Gasteiger partial charge in [-0.15, -0.1) is 0 Å². The van der Waals surface area contributed by atoms with Crippen LogP contribution in [-0.4, -0.2) is 29.5 Å². The van der Waals surface area contributed by atoms with Crippen LogP contribution < -0.4 is 16.4 Å². The maximum absolute atomic E-state index is 11.7. The van der Waals surface area contributed by atoms with Crippen molar-refractivity contribution in [2.24, 2.45) is 5.41 Å². The first-order chi connectivity index (χ1) is 8.92.